The zero-order valence-electron chi connectivity index (χ0n) is 12.6. The van der Waals surface area contributed by atoms with E-state index in [1.165, 1.54) is 18.3 Å². The highest BCUT2D eigenvalue weighted by Crippen LogP contribution is 2.20. The number of carbonyl (C=O) groups is 2. The van der Waals surface area contributed by atoms with Gasteiger partial charge in [-0.25, -0.2) is 0 Å². The Labute approximate surface area is 139 Å². The second-order valence-corrected chi connectivity index (χ2v) is 5.25. The van der Waals surface area contributed by atoms with Crippen molar-refractivity contribution in [2.24, 2.45) is 0 Å². The predicted molar refractivity (Wildman–Crippen MR) is 90.9 cm³/mol. The normalized spacial score (nSPS) is 10.0. The Bertz CT molecular complexity index is 759. The van der Waals surface area contributed by atoms with Crippen molar-refractivity contribution in [3.63, 3.8) is 0 Å². The second-order valence-electron chi connectivity index (χ2n) is 4.85. The molecule has 2 rings (SSSR count). The molecular formula is C17H16ClN3O2. The molecule has 0 radical (unpaired) electrons. The van der Waals surface area contributed by atoms with Crippen molar-refractivity contribution in [3.05, 3.63) is 71.0 Å². The van der Waals surface area contributed by atoms with Crippen molar-refractivity contribution in [2.75, 3.05) is 11.9 Å². The molecule has 0 aliphatic heterocycles. The monoisotopic (exact) mass is 329 g/mol. The van der Waals surface area contributed by atoms with E-state index in [9.17, 15) is 9.59 Å². The molecule has 1 heterocycles. The number of anilines is 1. The number of halogens is 1. The van der Waals surface area contributed by atoms with E-state index in [4.69, 9.17) is 11.6 Å². The van der Waals surface area contributed by atoms with Gasteiger partial charge in [-0.05, 0) is 36.8 Å². The lowest BCUT2D eigenvalue weighted by molar-refractivity contribution is 0.0958. The van der Waals surface area contributed by atoms with Crippen LogP contribution in [0.4, 0.5) is 5.69 Å². The van der Waals surface area contributed by atoms with Crippen molar-refractivity contribution in [2.45, 2.75) is 6.92 Å². The largest absolute Gasteiger partial charge is 0.349 e. The summed E-state index contributed by atoms with van der Waals surface area (Å²) in [5.41, 5.74) is 1.99. The lowest BCUT2D eigenvalue weighted by Crippen LogP contribution is -2.24. The van der Waals surface area contributed by atoms with Crippen molar-refractivity contribution in [1.29, 1.82) is 0 Å². The van der Waals surface area contributed by atoms with Crippen molar-refractivity contribution in [3.8, 4) is 0 Å². The Morgan fingerprint density at radius 1 is 1.26 bits per heavy atom. The van der Waals surface area contributed by atoms with Gasteiger partial charge in [0, 0.05) is 29.0 Å². The van der Waals surface area contributed by atoms with Gasteiger partial charge in [-0.1, -0.05) is 23.7 Å². The molecule has 0 aliphatic rings. The van der Waals surface area contributed by atoms with Crippen LogP contribution < -0.4 is 10.6 Å². The minimum atomic E-state index is -0.414. The molecule has 23 heavy (non-hydrogen) atoms. The Morgan fingerprint density at radius 3 is 2.74 bits per heavy atom. The third-order valence-corrected chi connectivity index (χ3v) is 3.50. The van der Waals surface area contributed by atoms with Crippen molar-refractivity contribution in [1.82, 2.24) is 10.3 Å². The van der Waals surface area contributed by atoms with Gasteiger partial charge in [0.1, 0.15) is 5.69 Å². The lowest BCUT2D eigenvalue weighted by Gasteiger charge is -2.08. The van der Waals surface area contributed by atoms with E-state index in [2.05, 4.69) is 22.2 Å². The number of aromatic nitrogens is 1. The smallest absolute Gasteiger partial charge is 0.274 e. The maximum Gasteiger partial charge on any atom is 0.274 e. The van der Waals surface area contributed by atoms with Crippen LogP contribution in [0, 0.1) is 6.92 Å². The van der Waals surface area contributed by atoms with Gasteiger partial charge in [0.15, 0.2) is 0 Å². The molecule has 2 N–H and O–H groups in total. The van der Waals surface area contributed by atoms with Crippen LogP contribution in [-0.2, 0) is 0 Å². The number of benzene rings is 1. The third kappa shape index (κ3) is 4.40. The van der Waals surface area contributed by atoms with Crippen LogP contribution in [0.2, 0.25) is 5.02 Å². The number of nitrogens with zero attached hydrogens (tertiary/aromatic N) is 1. The summed E-state index contributed by atoms with van der Waals surface area (Å²) in [6.45, 7) is 5.76. The summed E-state index contributed by atoms with van der Waals surface area (Å²) in [6.07, 6.45) is 2.99. The maximum atomic E-state index is 12.2. The molecule has 0 unspecified atom stereocenters. The zero-order valence-corrected chi connectivity index (χ0v) is 13.4. The molecule has 0 atom stereocenters. The number of rotatable bonds is 5. The Kier molecular flexibility index (Phi) is 5.49. The molecule has 1 aromatic carbocycles. The maximum absolute atomic E-state index is 12.2. The summed E-state index contributed by atoms with van der Waals surface area (Å²) in [4.78, 5) is 28.1. The first-order valence-electron chi connectivity index (χ1n) is 6.94. The molecule has 6 heteroatoms. The molecule has 0 bridgehead atoms. The molecule has 5 nitrogen and oxygen atoms in total. The first kappa shape index (κ1) is 16.7. The molecule has 0 spiro atoms. The van der Waals surface area contributed by atoms with Crippen LogP contribution >= 0.6 is 11.6 Å². The summed E-state index contributed by atoms with van der Waals surface area (Å²) >= 11 is 6.03. The SMILES string of the molecule is C=CCNC(=O)c1ccnc(C(=O)Nc2ccc(C)c(Cl)c2)c1. The quantitative estimate of drug-likeness (QED) is 0.827. The lowest BCUT2D eigenvalue weighted by atomic mass is 10.2. The number of hydrogen-bond acceptors (Lipinski definition) is 3. The minimum absolute atomic E-state index is 0.146. The van der Waals surface area contributed by atoms with Crippen LogP contribution in [0.5, 0.6) is 0 Å². The molecule has 1 aromatic heterocycles. The van der Waals surface area contributed by atoms with Gasteiger partial charge >= 0.3 is 0 Å². The summed E-state index contributed by atoms with van der Waals surface area (Å²) in [5.74, 6) is -0.706. The van der Waals surface area contributed by atoms with Gasteiger partial charge in [0.05, 0.1) is 0 Å². The fourth-order valence-electron chi connectivity index (χ4n) is 1.83. The topological polar surface area (TPSA) is 71.1 Å². The van der Waals surface area contributed by atoms with E-state index in [0.29, 0.717) is 22.8 Å². The second kappa shape index (κ2) is 7.56. The van der Waals surface area contributed by atoms with Gasteiger partial charge in [-0.3, -0.25) is 14.6 Å². The molecule has 2 aromatic rings. The Morgan fingerprint density at radius 2 is 2.04 bits per heavy atom. The van der Waals surface area contributed by atoms with E-state index in [0.717, 1.165) is 5.56 Å². The number of hydrogen-bond donors (Lipinski definition) is 2. The van der Waals surface area contributed by atoms with Crippen LogP contribution in [0.25, 0.3) is 0 Å². The Balaban J connectivity index is 2.14. The van der Waals surface area contributed by atoms with E-state index in [-0.39, 0.29) is 11.6 Å². The minimum Gasteiger partial charge on any atom is -0.349 e. The molecular weight excluding hydrogens is 314 g/mol. The average Bonchev–Trinajstić information content (AvgIpc) is 2.56. The van der Waals surface area contributed by atoms with Gasteiger partial charge in [0.25, 0.3) is 11.8 Å². The predicted octanol–water partition coefficient (Wildman–Crippen LogP) is 3.21. The number of aryl methyl sites for hydroxylation is 1. The van der Waals surface area contributed by atoms with Gasteiger partial charge in [-0.2, -0.15) is 0 Å². The van der Waals surface area contributed by atoms with E-state index >= 15 is 0 Å². The summed E-state index contributed by atoms with van der Waals surface area (Å²) in [5, 5.41) is 5.91. The highest BCUT2D eigenvalue weighted by atomic mass is 35.5. The zero-order chi connectivity index (χ0) is 16.8. The van der Waals surface area contributed by atoms with Crippen LogP contribution in [0.15, 0.2) is 49.2 Å². The van der Waals surface area contributed by atoms with E-state index in [1.807, 2.05) is 13.0 Å². The molecule has 0 aliphatic carbocycles. The number of carbonyl (C=O) groups excluding carboxylic acids is 2. The van der Waals surface area contributed by atoms with Crippen LogP contribution in [-0.4, -0.2) is 23.3 Å². The number of nitrogens with one attached hydrogen (secondary N) is 2. The standard InChI is InChI=1S/C17H16ClN3O2/c1-3-7-20-16(22)12-6-8-19-15(9-12)17(23)21-13-5-4-11(2)14(18)10-13/h3-6,8-10H,1,7H2,2H3,(H,20,22)(H,21,23). The molecule has 0 saturated carbocycles. The number of pyridine rings is 1. The molecule has 118 valence electrons. The fraction of sp³-hybridized carbons (Fsp3) is 0.118. The van der Waals surface area contributed by atoms with Crippen molar-refractivity contribution >= 4 is 29.1 Å². The van der Waals surface area contributed by atoms with E-state index < -0.39 is 5.91 Å². The first-order valence-corrected chi connectivity index (χ1v) is 7.31. The van der Waals surface area contributed by atoms with Crippen molar-refractivity contribution < 1.29 is 9.59 Å². The summed E-state index contributed by atoms with van der Waals surface area (Å²) in [6, 6.07) is 8.20. The number of amides is 2. The molecule has 0 saturated heterocycles. The summed E-state index contributed by atoms with van der Waals surface area (Å²) < 4.78 is 0. The summed E-state index contributed by atoms with van der Waals surface area (Å²) in [7, 11) is 0. The van der Waals surface area contributed by atoms with Crippen LogP contribution in [0.1, 0.15) is 26.4 Å². The fourth-order valence-corrected chi connectivity index (χ4v) is 2.01. The van der Waals surface area contributed by atoms with Gasteiger partial charge < -0.3 is 10.6 Å². The third-order valence-electron chi connectivity index (χ3n) is 3.09. The van der Waals surface area contributed by atoms with E-state index in [1.54, 1.807) is 18.2 Å². The van der Waals surface area contributed by atoms with Gasteiger partial charge in [0.2, 0.25) is 0 Å². The Hall–Kier alpha value is -2.66. The van der Waals surface area contributed by atoms with Crippen LogP contribution in [0.3, 0.4) is 0 Å². The average molecular weight is 330 g/mol. The first-order chi connectivity index (χ1) is 11.0. The highest BCUT2D eigenvalue weighted by Gasteiger charge is 2.12. The molecule has 2 amide bonds. The highest BCUT2D eigenvalue weighted by molar-refractivity contribution is 6.31. The van der Waals surface area contributed by atoms with Gasteiger partial charge in [-0.15, -0.1) is 6.58 Å². The molecule has 0 fully saturated rings.